The highest BCUT2D eigenvalue weighted by Crippen LogP contribution is 2.26. The zero-order valence-corrected chi connectivity index (χ0v) is 10.6. The molecule has 5 heteroatoms. The zero-order chi connectivity index (χ0) is 13.1. The minimum Gasteiger partial charge on any atom is -0.507 e. The lowest BCUT2D eigenvalue weighted by Gasteiger charge is -2.07. The quantitative estimate of drug-likeness (QED) is 0.796. The van der Waals surface area contributed by atoms with Crippen molar-refractivity contribution in [3.63, 3.8) is 0 Å². The van der Waals surface area contributed by atoms with Gasteiger partial charge in [-0.3, -0.25) is 4.79 Å². The molecule has 0 atom stereocenters. The Bertz CT molecular complexity index is 557. The van der Waals surface area contributed by atoms with Crippen molar-refractivity contribution in [1.82, 2.24) is 5.32 Å². The molecular formula is C13H13NO3S. The van der Waals surface area contributed by atoms with Crippen molar-refractivity contribution >= 4 is 17.2 Å². The van der Waals surface area contributed by atoms with Gasteiger partial charge in [-0.1, -0.05) is 6.07 Å². The van der Waals surface area contributed by atoms with Crippen molar-refractivity contribution in [3.8, 4) is 11.5 Å². The normalized spacial score (nSPS) is 10.3. The Morgan fingerprint density at radius 2 is 1.89 bits per heavy atom. The summed E-state index contributed by atoms with van der Waals surface area (Å²) in [6, 6.07) is 8.12. The zero-order valence-electron chi connectivity index (χ0n) is 9.80. The molecule has 0 fully saturated rings. The summed E-state index contributed by atoms with van der Waals surface area (Å²) in [7, 11) is 0. The molecule has 0 aliphatic carbocycles. The number of amides is 1. The Hall–Kier alpha value is -2.01. The summed E-state index contributed by atoms with van der Waals surface area (Å²) in [6.45, 7) is 2.37. The maximum absolute atomic E-state index is 11.8. The summed E-state index contributed by atoms with van der Waals surface area (Å²) in [4.78, 5) is 14.0. The first-order chi connectivity index (χ1) is 8.58. The molecule has 0 radical (unpaired) electrons. The molecule has 94 valence electrons. The molecule has 2 rings (SSSR count). The minimum atomic E-state index is -0.489. The van der Waals surface area contributed by atoms with E-state index in [1.54, 1.807) is 11.3 Å². The lowest BCUT2D eigenvalue weighted by molar-refractivity contribution is 0.0946. The van der Waals surface area contributed by atoms with E-state index in [2.05, 4.69) is 5.32 Å². The molecule has 18 heavy (non-hydrogen) atoms. The highest BCUT2D eigenvalue weighted by molar-refractivity contribution is 7.11. The largest absolute Gasteiger partial charge is 0.507 e. The van der Waals surface area contributed by atoms with Crippen molar-refractivity contribution in [2.45, 2.75) is 13.5 Å². The summed E-state index contributed by atoms with van der Waals surface area (Å²) in [5, 5.41) is 21.8. The Labute approximate surface area is 109 Å². The molecule has 1 heterocycles. The smallest absolute Gasteiger partial charge is 0.259 e. The number of benzene rings is 1. The molecule has 2 aromatic rings. The summed E-state index contributed by atoms with van der Waals surface area (Å²) in [6.07, 6.45) is 0. The molecule has 0 saturated heterocycles. The van der Waals surface area contributed by atoms with Crippen LogP contribution in [0.15, 0.2) is 30.3 Å². The Morgan fingerprint density at radius 3 is 2.44 bits per heavy atom. The molecule has 0 aliphatic heterocycles. The Kier molecular flexibility index (Phi) is 3.53. The lowest BCUT2D eigenvalue weighted by Crippen LogP contribution is -2.22. The average molecular weight is 263 g/mol. The number of phenolic OH excluding ortho intramolecular Hbond substituents is 2. The minimum absolute atomic E-state index is 0.0919. The second-order valence-electron chi connectivity index (χ2n) is 3.87. The fraction of sp³-hybridized carbons (Fsp3) is 0.154. The maximum atomic E-state index is 11.8. The molecule has 4 nitrogen and oxygen atoms in total. The number of hydrogen-bond donors (Lipinski definition) is 3. The first kappa shape index (κ1) is 12.4. The van der Waals surface area contributed by atoms with Crippen molar-refractivity contribution in [2.24, 2.45) is 0 Å². The van der Waals surface area contributed by atoms with Gasteiger partial charge in [0.15, 0.2) is 0 Å². The summed E-state index contributed by atoms with van der Waals surface area (Å²) in [5.41, 5.74) is -0.0919. The van der Waals surface area contributed by atoms with Gasteiger partial charge in [0.25, 0.3) is 5.91 Å². The molecule has 0 bridgehead atoms. The SMILES string of the molecule is Cc1ccc(CNC(=O)c2c(O)cccc2O)s1. The van der Waals surface area contributed by atoms with Gasteiger partial charge >= 0.3 is 0 Å². The van der Waals surface area contributed by atoms with Crippen molar-refractivity contribution in [2.75, 3.05) is 0 Å². The predicted molar refractivity (Wildman–Crippen MR) is 70.0 cm³/mol. The van der Waals surface area contributed by atoms with Gasteiger partial charge in [0, 0.05) is 9.75 Å². The summed E-state index contributed by atoms with van der Waals surface area (Å²) >= 11 is 1.59. The van der Waals surface area contributed by atoms with E-state index in [9.17, 15) is 15.0 Å². The van der Waals surface area contributed by atoms with Crippen LogP contribution in [-0.2, 0) is 6.54 Å². The topological polar surface area (TPSA) is 69.6 Å². The number of nitrogens with one attached hydrogen (secondary N) is 1. The number of phenols is 2. The van der Waals surface area contributed by atoms with Gasteiger partial charge in [-0.2, -0.15) is 0 Å². The fourth-order valence-corrected chi connectivity index (χ4v) is 2.43. The van der Waals surface area contributed by atoms with E-state index in [0.29, 0.717) is 6.54 Å². The van der Waals surface area contributed by atoms with E-state index in [4.69, 9.17) is 0 Å². The third-order valence-electron chi connectivity index (χ3n) is 2.47. The molecule has 1 amide bonds. The Balaban J connectivity index is 2.08. The van der Waals surface area contributed by atoms with Gasteiger partial charge in [0.2, 0.25) is 0 Å². The van der Waals surface area contributed by atoms with Crippen LogP contribution in [-0.4, -0.2) is 16.1 Å². The van der Waals surface area contributed by atoms with Crippen LogP contribution in [0.5, 0.6) is 11.5 Å². The van der Waals surface area contributed by atoms with Crippen LogP contribution in [0.1, 0.15) is 20.1 Å². The molecule has 3 N–H and O–H groups in total. The number of hydrogen-bond acceptors (Lipinski definition) is 4. The van der Waals surface area contributed by atoms with Crippen molar-refractivity contribution in [1.29, 1.82) is 0 Å². The summed E-state index contributed by atoms with van der Waals surface area (Å²) in [5.74, 6) is -0.943. The third-order valence-corrected chi connectivity index (χ3v) is 3.47. The maximum Gasteiger partial charge on any atom is 0.259 e. The van der Waals surface area contributed by atoms with E-state index in [1.807, 2.05) is 19.1 Å². The number of aromatic hydroxyl groups is 2. The average Bonchev–Trinajstić information content (AvgIpc) is 2.72. The lowest BCUT2D eigenvalue weighted by atomic mass is 10.1. The molecule has 0 aliphatic rings. The number of thiophene rings is 1. The predicted octanol–water partition coefficient (Wildman–Crippen LogP) is 2.40. The molecule has 0 unspecified atom stereocenters. The van der Waals surface area contributed by atoms with Crippen LogP contribution in [0.2, 0.25) is 0 Å². The van der Waals surface area contributed by atoms with E-state index in [1.165, 1.54) is 23.1 Å². The highest BCUT2D eigenvalue weighted by atomic mass is 32.1. The first-order valence-corrected chi connectivity index (χ1v) is 6.24. The number of aryl methyl sites for hydroxylation is 1. The van der Waals surface area contributed by atoms with E-state index in [-0.39, 0.29) is 17.1 Å². The van der Waals surface area contributed by atoms with Gasteiger partial charge < -0.3 is 15.5 Å². The molecule has 0 spiro atoms. The van der Waals surface area contributed by atoms with Crippen LogP contribution in [0.3, 0.4) is 0 Å². The van der Waals surface area contributed by atoms with Crippen molar-refractivity contribution in [3.05, 3.63) is 45.6 Å². The van der Waals surface area contributed by atoms with Crippen LogP contribution in [0.4, 0.5) is 0 Å². The van der Waals surface area contributed by atoms with Gasteiger partial charge in [0.1, 0.15) is 17.1 Å². The van der Waals surface area contributed by atoms with E-state index >= 15 is 0 Å². The van der Waals surface area contributed by atoms with Crippen LogP contribution < -0.4 is 5.32 Å². The number of carbonyl (C=O) groups excluding carboxylic acids is 1. The summed E-state index contributed by atoms with van der Waals surface area (Å²) < 4.78 is 0. The fourth-order valence-electron chi connectivity index (χ4n) is 1.60. The second kappa shape index (κ2) is 5.10. The second-order valence-corrected chi connectivity index (χ2v) is 5.24. The van der Waals surface area contributed by atoms with Crippen LogP contribution in [0.25, 0.3) is 0 Å². The van der Waals surface area contributed by atoms with Gasteiger partial charge in [0.05, 0.1) is 6.54 Å². The van der Waals surface area contributed by atoms with Gasteiger partial charge in [-0.15, -0.1) is 11.3 Å². The number of carbonyl (C=O) groups is 1. The van der Waals surface area contributed by atoms with E-state index in [0.717, 1.165) is 4.88 Å². The third kappa shape index (κ3) is 2.62. The first-order valence-electron chi connectivity index (χ1n) is 5.42. The van der Waals surface area contributed by atoms with E-state index < -0.39 is 5.91 Å². The molecule has 1 aromatic heterocycles. The molecular weight excluding hydrogens is 250 g/mol. The highest BCUT2D eigenvalue weighted by Gasteiger charge is 2.15. The molecule has 0 saturated carbocycles. The number of rotatable bonds is 3. The van der Waals surface area contributed by atoms with Crippen LogP contribution >= 0.6 is 11.3 Å². The van der Waals surface area contributed by atoms with Crippen LogP contribution in [0, 0.1) is 6.92 Å². The standard InChI is InChI=1S/C13H13NO3S/c1-8-5-6-9(18-8)7-14-13(17)12-10(15)3-2-4-11(12)16/h2-6,15-16H,7H2,1H3,(H,14,17). The monoisotopic (exact) mass is 263 g/mol. The Morgan fingerprint density at radius 1 is 1.22 bits per heavy atom. The molecule has 1 aromatic carbocycles. The van der Waals surface area contributed by atoms with Gasteiger partial charge in [-0.25, -0.2) is 0 Å². The van der Waals surface area contributed by atoms with Gasteiger partial charge in [-0.05, 0) is 31.2 Å². The van der Waals surface area contributed by atoms with Crippen molar-refractivity contribution < 1.29 is 15.0 Å².